The number of carbonyl (C=O) groups excluding carboxylic acids is 1. The highest BCUT2D eigenvalue weighted by Crippen LogP contribution is 2.19. The maximum atomic E-state index is 11.9. The van der Waals surface area contributed by atoms with E-state index in [0.717, 1.165) is 5.69 Å². The molecule has 0 bridgehead atoms. The third kappa shape index (κ3) is 1.85. The summed E-state index contributed by atoms with van der Waals surface area (Å²) in [6.07, 6.45) is 0. The highest BCUT2D eigenvalue weighted by atomic mass is 32.1. The minimum Gasteiger partial charge on any atom is -0.361 e. The fraction of sp³-hybridized carbons (Fsp3) is 0.273. The van der Waals surface area contributed by atoms with Crippen molar-refractivity contribution >= 4 is 28.9 Å². The number of para-hydroxylation sites is 1. The van der Waals surface area contributed by atoms with Crippen molar-refractivity contribution in [2.24, 2.45) is 5.92 Å². The van der Waals surface area contributed by atoms with E-state index in [9.17, 15) is 4.79 Å². The Bertz CT molecular complexity index is 391. The molecule has 15 heavy (non-hydrogen) atoms. The van der Waals surface area contributed by atoms with Crippen LogP contribution in [0.15, 0.2) is 30.3 Å². The highest BCUT2D eigenvalue weighted by Gasteiger charge is 2.29. The molecule has 1 heterocycles. The van der Waals surface area contributed by atoms with Gasteiger partial charge in [0, 0.05) is 6.54 Å². The predicted molar refractivity (Wildman–Crippen MR) is 63.7 cm³/mol. The summed E-state index contributed by atoms with van der Waals surface area (Å²) in [7, 11) is 0. The number of nitrogens with one attached hydrogen (secondary N) is 1. The standard InChI is InChI=1S/C11H12N2OS/c1-8-7-12-11(15)13(10(8)14)9-5-3-2-4-6-9/h2-6,8H,7H2,1H3,(H,12,15)/t8-/m1/s1. The Labute approximate surface area is 94.1 Å². The van der Waals surface area contributed by atoms with Gasteiger partial charge in [-0.2, -0.15) is 0 Å². The number of benzene rings is 1. The summed E-state index contributed by atoms with van der Waals surface area (Å²) in [5, 5.41) is 3.54. The first-order valence-electron chi connectivity index (χ1n) is 4.87. The lowest BCUT2D eigenvalue weighted by Crippen LogP contribution is -2.54. The lowest BCUT2D eigenvalue weighted by atomic mass is 10.1. The Morgan fingerprint density at radius 3 is 2.73 bits per heavy atom. The van der Waals surface area contributed by atoms with E-state index >= 15 is 0 Å². The van der Waals surface area contributed by atoms with E-state index in [1.807, 2.05) is 37.3 Å². The second kappa shape index (κ2) is 3.98. The van der Waals surface area contributed by atoms with Crippen LogP contribution in [-0.2, 0) is 4.79 Å². The van der Waals surface area contributed by atoms with E-state index in [2.05, 4.69) is 5.32 Å². The fourth-order valence-electron chi connectivity index (χ4n) is 1.55. The van der Waals surface area contributed by atoms with Gasteiger partial charge in [0.15, 0.2) is 5.11 Å². The summed E-state index contributed by atoms with van der Waals surface area (Å²) in [5.74, 6) is 0.0295. The van der Waals surface area contributed by atoms with E-state index in [1.165, 1.54) is 0 Å². The van der Waals surface area contributed by atoms with Crippen LogP contribution in [0, 0.1) is 5.92 Å². The molecule has 0 aliphatic carbocycles. The first kappa shape index (κ1) is 10.1. The van der Waals surface area contributed by atoms with Crippen LogP contribution in [-0.4, -0.2) is 17.6 Å². The van der Waals surface area contributed by atoms with Gasteiger partial charge in [-0.15, -0.1) is 0 Å². The third-order valence-electron chi connectivity index (χ3n) is 2.42. The van der Waals surface area contributed by atoms with Crippen molar-refractivity contribution in [1.82, 2.24) is 5.32 Å². The zero-order chi connectivity index (χ0) is 10.8. The van der Waals surface area contributed by atoms with Crippen molar-refractivity contribution in [2.45, 2.75) is 6.92 Å². The first-order valence-corrected chi connectivity index (χ1v) is 5.28. The Morgan fingerprint density at radius 1 is 1.40 bits per heavy atom. The van der Waals surface area contributed by atoms with Gasteiger partial charge in [0.05, 0.1) is 11.6 Å². The molecule has 78 valence electrons. The fourth-order valence-corrected chi connectivity index (χ4v) is 1.83. The van der Waals surface area contributed by atoms with Crippen LogP contribution >= 0.6 is 12.2 Å². The van der Waals surface area contributed by atoms with Crippen molar-refractivity contribution in [3.63, 3.8) is 0 Å². The number of rotatable bonds is 1. The number of anilines is 1. The van der Waals surface area contributed by atoms with Gasteiger partial charge in [-0.25, -0.2) is 0 Å². The maximum absolute atomic E-state index is 11.9. The first-order chi connectivity index (χ1) is 7.20. The van der Waals surface area contributed by atoms with Gasteiger partial charge in [-0.1, -0.05) is 25.1 Å². The SMILES string of the molecule is C[C@@H]1CNC(=S)N(c2ccccc2)C1=O. The smallest absolute Gasteiger partial charge is 0.237 e. The second-order valence-electron chi connectivity index (χ2n) is 3.60. The molecule has 1 aliphatic rings. The van der Waals surface area contributed by atoms with Crippen LogP contribution in [0.5, 0.6) is 0 Å². The van der Waals surface area contributed by atoms with E-state index in [4.69, 9.17) is 12.2 Å². The summed E-state index contributed by atoms with van der Waals surface area (Å²) in [5.41, 5.74) is 0.826. The molecule has 1 amide bonds. The third-order valence-corrected chi connectivity index (χ3v) is 2.75. The molecular formula is C11H12N2OS. The molecule has 1 fully saturated rings. The maximum Gasteiger partial charge on any atom is 0.237 e. The van der Waals surface area contributed by atoms with Crippen LogP contribution < -0.4 is 10.2 Å². The van der Waals surface area contributed by atoms with Crippen LogP contribution in [0.4, 0.5) is 5.69 Å². The van der Waals surface area contributed by atoms with Gasteiger partial charge >= 0.3 is 0 Å². The van der Waals surface area contributed by atoms with E-state index in [1.54, 1.807) is 4.90 Å². The lowest BCUT2D eigenvalue weighted by molar-refractivity contribution is -0.121. The van der Waals surface area contributed by atoms with Gasteiger partial charge < -0.3 is 5.32 Å². The molecule has 1 aromatic carbocycles. The van der Waals surface area contributed by atoms with Crippen LogP contribution in [0.2, 0.25) is 0 Å². The zero-order valence-corrected chi connectivity index (χ0v) is 9.25. The quantitative estimate of drug-likeness (QED) is 0.729. The molecule has 1 aliphatic heterocycles. The average molecular weight is 220 g/mol. The van der Waals surface area contributed by atoms with Crippen molar-refractivity contribution in [2.75, 3.05) is 11.4 Å². The van der Waals surface area contributed by atoms with Crippen LogP contribution in [0.25, 0.3) is 0 Å². The lowest BCUT2D eigenvalue weighted by Gasteiger charge is -2.31. The molecular weight excluding hydrogens is 208 g/mol. The molecule has 0 spiro atoms. The normalized spacial score (nSPS) is 21.4. The summed E-state index contributed by atoms with van der Waals surface area (Å²) in [6, 6.07) is 9.46. The Hall–Kier alpha value is -1.42. The Kier molecular flexibility index (Phi) is 2.68. The van der Waals surface area contributed by atoms with E-state index in [-0.39, 0.29) is 11.8 Å². The molecule has 1 aromatic rings. The molecule has 4 heteroatoms. The van der Waals surface area contributed by atoms with Crippen LogP contribution in [0.3, 0.4) is 0 Å². The van der Waals surface area contributed by atoms with Crippen LogP contribution in [0.1, 0.15) is 6.92 Å². The molecule has 0 radical (unpaired) electrons. The summed E-state index contributed by atoms with van der Waals surface area (Å²) in [4.78, 5) is 13.5. The molecule has 0 saturated carbocycles. The van der Waals surface area contributed by atoms with Crippen molar-refractivity contribution in [3.8, 4) is 0 Å². The molecule has 0 aromatic heterocycles. The topological polar surface area (TPSA) is 32.3 Å². The molecule has 1 atom stereocenters. The summed E-state index contributed by atoms with van der Waals surface area (Å²) < 4.78 is 0. The summed E-state index contributed by atoms with van der Waals surface area (Å²) in [6.45, 7) is 2.52. The van der Waals surface area contributed by atoms with E-state index in [0.29, 0.717) is 11.7 Å². The van der Waals surface area contributed by atoms with E-state index < -0.39 is 0 Å². The largest absolute Gasteiger partial charge is 0.361 e. The van der Waals surface area contributed by atoms with Crippen molar-refractivity contribution in [3.05, 3.63) is 30.3 Å². The van der Waals surface area contributed by atoms with Gasteiger partial charge in [-0.05, 0) is 24.4 Å². The Balaban J connectivity index is 2.34. The average Bonchev–Trinajstić information content (AvgIpc) is 2.26. The number of carbonyl (C=O) groups is 1. The monoisotopic (exact) mass is 220 g/mol. The molecule has 3 nitrogen and oxygen atoms in total. The number of thiocarbonyl (C=S) groups is 1. The highest BCUT2D eigenvalue weighted by molar-refractivity contribution is 7.80. The molecule has 2 rings (SSSR count). The minimum absolute atomic E-state index is 0.0306. The zero-order valence-electron chi connectivity index (χ0n) is 8.43. The van der Waals surface area contributed by atoms with Gasteiger partial charge in [-0.3, -0.25) is 9.69 Å². The Morgan fingerprint density at radius 2 is 2.07 bits per heavy atom. The predicted octanol–water partition coefficient (Wildman–Crippen LogP) is 1.54. The number of nitrogens with zero attached hydrogens (tertiary/aromatic N) is 1. The number of hydrogen-bond donors (Lipinski definition) is 1. The van der Waals surface area contributed by atoms with Gasteiger partial charge in [0.25, 0.3) is 0 Å². The van der Waals surface area contributed by atoms with Crippen molar-refractivity contribution < 1.29 is 4.79 Å². The molecule has 0 unspecified atom stereocenters. The second-order valence-corrected chi connectivity index (χ2v) is 3.98. The number of amides is 1. The molecule has 1 N–H and O–H groups in total. The summed E-state index contributed by atoms with van der Waals surface area (Å²) >= 11 is 5.13. The van der Waals surface area contributed by atoms with Crippen molar-refractivity contribution in [1.29, 1.82) is 0 Å². The number of hydrogen-bond acceptors (Lipinski definition) is 2. The van der Waals surface area contributed by atoms with Gasteiger partial charge in [0.2, 0.25) is 5.91 Å². The van der Waals surface area contributed by atoms with Gasteiger partial charge in [0.1, 0.15) is 0 Å². The minimum atomic E-state index is -0.0306. The molecule has 1 saturated heterocycles.